The van der Waals surface area contributed by atoms with Crippen LogP contribution in [0.3, 0.4) is 0 Å². The Hall–Kier alpha value is -2.10. The van der Waals surface area contributed by atoms with Crippen LogP contribution in [0.5, 0.6) is 0 Å². The van der Waals surface area contributed by atoms with Crippen molar-refractivity contribution in [3.63, 3.8) is 0 Å². The lowest BCUT2D eigenvalue weighted by Crippen LogP contribution is -2.35. The molecule has 1 aromatic rings. The monoisotopic (exact) mass is 275 g/mol. The number of nitrogens with zero attached hydrogens (tertiary/aromatic N) is 1. The summed E-state index contributed by atoms with van der Waals surface area (Å²) in [6.45, 7) is 10.9. The van der Waals surface area contributed by atoms with Crippen molar-refractivity contribution >= 4 is 11.9 Å². The number of benzene rings is 1. The minimum Gasteiger partial charge on any atom is -0.443 e. The van der Waals surface area contributed by atoms with E-state index in [0.29, 0.717) is 5.56 Å². The van der Waals surface area contributed by atoms with Crippen molar-refractivity contribution in [1.29, 1.82) is 0 Å². The van der Waals surface area contributed by atoms with E-state index in [-0.39, 0.29) is 11.5 Å². The van der Waals surface area contributed by atoms with Crippen LogP contribution in [-0.2, 0) is 4.74 Å². The van der Waals surface area contributed by atoms with Gasteiger partial charge >= 0.3 is 6.09 Å². The van der Waals surface area contributed by atoms with E-state index < -0.39 is 11.7 Å². The fourth-order valence-electron chi connectivity index (χ4n) is 1.46. The molecular weight excluding hydrogens is 254 g/mol. The zero-order valence-corrected chi connectivity index (χ0v) is 12.7. The molecule has 0 bridgehead atoms. The Labute approximate surface area is 120 Å². The molecule has 0 atom stereocenters. The molecule has 1 aromatic carbocycles. The molecule has 1 amide bonds. The molecule has 0 saturated heterocycles. The van der Waals surface area contributed by atoms with E-state index >= 15 is 0 Å². The highest BCUT2D eigenvalue weighted by Crippen LogP contribution is 2.15. The van der Waals surface area contributed by atoms with Crippen molar-refractivity contribution < 1.29 is 14.3 Å². The Bertz CT molecular complexity index is 524. The first-order valence-electron chi connectivity index (χ1n) is 6.39. The van der Waals surface area contributed by atoms with Gasteiger partial charge < -0.3 is 4.74 Å². The first-order chi connectivity index (χ1) is 9.11. The van der Waals surface area contributed by atoms with Crippen molar-refractivity contribution in [2.45, 2.75) is 33.3 Å². The fourth-order valence-corrected chi connectivity index (χ4v) is 1.46. The number of aryl methyl sites for hydroxylation is 1. The van der Waals surface area contributed by atoms with E-state index in [2.05, 4.69) is 6.58 Å². The lowest BCUT2D eigenvalue weighted by Gasteiger charge is -2.25. The lowest BCUT2D eigenvalue weighted by atomic mass is 10.1. The van der Waals surface area contributed by atoms with Gasteiger partial charge in [-0.2, -0.15) is 0 Å². The van der Waals surface area contributed by atoms with Crippen LogP contribution in [0.15, 0.2) is 36.5 Å². The fraction of sp³-hybridized carbons (Fsp3) is 0.375. The molecule has 0 aliphatic carbocycles. The number of hydrogen-bond donors (Lipinski definition) is 0. The molecule has 0 aromatic heterocycles. The summed E-state index contributed by atoms with van der Waals surface area (Å²) in [5.74, 6) is -0.293. The number of Topliss-reactive ketones (excluding diaryl/α,β-unsaturated/α-hetero) is 1. The molecular formula is C16H21NO3. The number of ketones is 1. The normalized spacial score (nSPS) is 10.8. The molecule has 0 heterocycles. The number of hydrogen-bond acceptors (Lipinski definition) is 3. The first-order valence-corrected chi connectivity index (χ1v) is 6.39. The van der Waals surface area contributed by atoms with Gasteiger partial charge in [0.05, 0.1) is 5.70 Å². The van der Waals surface area contributed by atoms with Gasteiger partial charge in [0.2, 0.25) is 5.78 Å². The third-order valence-corrected chi connectivity index (χ3v) is 2.65. The number of allylic oxidation sites excluding steroid dienone is 1. The lowest BCUT2D eigenvalue weighted by molar-refractivity contribution is 0.0346. The number of carbonyl (C=O) groups excluding carboxylic acids is 2. The van der Waals surface area contributed by atoms with E-state index in [0.717, 1.165) is 10.5 Å². The summed E-state index contributed by atoms with van der Waals surface area (Å²) in [5, 5.41) is 0. The Morgan fingerprint density at radius 3 is 2.10 bits per heavy atom. The number of likely N-dealkylation sites (N-methyl/N-ethyl adjacent to an activating group) is 1. The Kier molecular flexibility index (Phi) is 4.71. The highest BCUT2D eigenvalue weighted by atomic mass is 16.6. The molecule has 108 valence electrons. The standard InChI is InChI=1S/C16H21NO3/c1-11-7-9-13(10-8-11)14(18)12(2)17(6)15(19)20-16(3,4)5/h7-10H,2H2,1,3-6H3. The minimum atomic E-state index is -0.613. The quantitative estimate of drug-likeness (QED) is 0.626. The molecule has 1 rings (SSSR count). The van der Waals surface area contributed by atoms with Crippen molar-refractivity contribution in [3.05, 3.63) is 47.7 Å². The molecule has 0 aliphatic heterocycles. The van der Waals surface area contributed by atoms with Gasteiger partial charge in [-0.3, -0.25) is 9.69 Å². The van der Waals surface area contributed by atoms with Gasteiger partial charge in [-0.05, 0) is 27.7 Å². The average Bonchev–Trinajstić information content (AvgIpc) is 2.35. The summed E-state index contributed by atoms with van der Waals surface area (Å²) in [6.07, 6.45) is -0.594. The minimum absolute atomic E-state index is 0.0862. The van der Waals surface area contributed by atoms with Gasteiger partial charge in [0.1, 0.15) is 5.60 Å². The van der Waals surface area contributed by atoms with Gasteiger partial charge in [-0.15, -0.1) is 0 Å². The van der Waals surface area contributed by atoms with Gasteiger partial charge in [-0.1, -0.05) is 36.4 Å². The Morgan fingerprint density at radius 1 is 1.15 bits per heavy atom. The summed E-state index contributed by atoms with van der Waals surface area (Å²) in [7, 11) is 1.47. The molecule has 0 fully saturated rings. The number of ether oxygens (including phenoxy) is 1. The predicted molar refractivity (Wildman–Crippen MR) is 78.6 cm³/mol. The van der Waals surface area contributed by atoms with E-state index in [1.54, 1.807) is 32.9 Å². The molecule has 4 heteroatoms. The highest BCUT2D eigenvalue weighted by Gasteiger charge is 2.24. The topological polar surface area (TPSA) is 46.6 Å². The van der Waals surface area contributed by atoms with Crippen LogP contribution >= 0.6 is 0 Å². The Morgan fingerprint density at radius 2 is 1.65 bits per heavy atom. The third kappa shape index (κ3) is 4.23. The van der Waals surface area contributed by atoms with Crippen LogP contribution in [-0.4, -0.2) is 29.4 Å². The van der Waals surface area contributed by atoms with E-state index in [1.807, 2.05) is 19.1 Å². The summed E-state index contributed by atoms with van der Waals surface area (Å²) in [5.41, 5.74) is 1.03. The number of amides is 1. The molecule has 0 unspecified atom stereocenters. The molecule has 0 radical (unpaired) electrons. The smallest absolute Gasteiger partial charge is 0.414 e. The predicted octanol–water partition coefficient (Wildman–Crippen LogP) is 3.56. The van der Waals surface area contributed by atoms with Crippen LogP contribution in [0.2, 0.25) is 0 Å². The highest BCUT2D eigenvalue weighted by molar-refractivity contribution is 6.09. The Balaban J connectivity index is 2.81. The summed E-state index contributed by atoms with van der Waals surface area (Å²) >= 11 is 0. The largest absolute Gasteiger partial charge is 0.443 e. The third-order valence-electron chi connectivity index (χ3n) is 2.65. The summed E-state index contributed by atoms with van der Waals surface area (Å²) in [4.78, 5) is 25.2. The van der Waals surface area contributed by atoms with Crippen molar-refractivity contribution in [1.82, 2.24) is 4.90 Å². The number of rotatable bonds is 3. The van der Waals surface area contributed by atoms with Gasteiger partial charge in [0.15, 0.2) is 0 Å². The van der Waals surface area contributed by atoms with Crippen LogP contribution in [0.1, 0.15) is 36.7 Å². The molecule has 20 heavy (non-hydrogen) atoms. The van der Waals surface area contributed by atoms with Crippen molar-refractivity contribution in [3.8, 4) is 0 Å². The zero-order valence-electron chi connectivity index (χ0n) is 12.7. The van der Waals surface area contributed by atoms with Crippen LogP contribution in [0, 0.1) is 6.92 Å². The summed E-state index contributed by atoms with van der Waals surface area (Å²) in [6, 6.07) is 7.11. The second-order valence-corrected chi connectivity index (χ2v) is 5.68. The SMILES string of the molecule is C=C(C(=O)c1ccc(C)cc1)N(C)C(=O)OC(C)(C)C. The van der Waals surface area contributed by atoms with Crippen molar-refractivity contribution in [2.24, 2.45) is 0 Å². The average molecular weight is 275 g/mol. The molecule has 0 aliphatic rings. The van der Waals surface area contributed by atoms with E-state index in [4.69, 9.17) is 4.74 Å². The van der Waals surface area contributed by atoms with Gasteiger partial charge in [0.25, 0.3) is 0 Å². The van der Waals surface area contributed by atoms with Gasteiger partial charge in [-0.25, -0.2) is 4.79 Å². The summed E-state index contributed by atoms with van der Waals surface area (Å²) < 4.78 is 5.20. The number of carbonyl (C=O) groups is 2. The molecule has 0 spiro atoms. The second-order valence-electron chi connectivity index (χ2n) is 5.68. The van der Waals surface area contributed by atoms with Crippen LogP contribution < -0.4 is 0 Å². The van der Waals surface area contributed by atoms with E-state index in [9.17, 15) is 9.59 Å². The van der Waals surface area contributed by atoms with Gasteiger partial charge in [0, 0.05) is 12.6 Å². The van der Waals surface area contributed by atoms with Crippen LogP contribution in [0.25, 0.3) is 0 Å². The maximum absolute atomic E-state index is 12.2. The maximum atomic E-state index is 12.2. The van der Waals surface area contributed by atoms with Crippen molar-refractivity contribution in [2.75, 3.05) is 7.05 Å². The van der Waals surface area contributed by atoms with E-state index in [1.165, 1.54) is 7.05 Å². The molecule has 0 saturated carbocycles. The second kappa shape index (κ2) is 5.90. The maximum Gasteiger partial charge on any atom is 0.414 e. The first kappa shape index (κ1) is 16.0. The van der Waals surface area contributed by atoms with Crippen LogP contribution in [0.4, 0.5) is 4.79 Å². The molecule has 4 nitrogen and oxygen atoms in total. The zero-order chi connectivity index (χ0) is 15.5. The molecule has 0 N–H and O–H groups in total.